The Kier molecular flexibility index (Phi) is 5.72. The number of esters is 1. The first-order valence-electron chi connectivity index (χ1n) is 7.22. The number of para-hydroxylation sites is 1. The summed E-state index contributed by atoms with van der Waals surface area (Å²) in [4.78, 5) is 23.4. The zero-order valence-electron chi connectivity index (χ0n) is 12.5. The van der Waals surface area contributed by atoms with Crippen molar-refractivity contribution in [2.24, 2.45) is 0 Å². The topological polar surface area (TPSA) is 55.4 Å². The van der Waals surface area contributed by atoms with Crippen LogP contribution in [-0.4, -0.2) is 19.0 Å². The maximum absolute atomic E-state index is 12.2. The van der Waals surface area contributed by atoms with Crippen LogP contribution in [0.4, 0.5) is 5.69 Å². The Morgan fingerprint density at radius 3 is 2.41 bits per heavy atom. The average Bonchev–Trinajstić information content (AvgIpc) is 2.57. The van der Waals surface area contributed by atoms with Gasteiger partial charge in [-0.25, -0.2) is 0 Å². The molecule has 0 fully saturated rings. The molecular formula is C18H19NO3. The number of aryl methyl sites for hydroxylation is 1. The summed E-state index contributed by atoms with van der Waals surface area (Å²) in [5.74, 6) is -0.355. The van der Waals surface area contributed by atoms with Crippen molar-refractivity contribution < 1.29 is 14.3 Å². The van der Waals surface area contributed by atoms with E-state index in [4.69, 9.17) is 0 Å². The van der Waals surface area contributed by atoms with Crippen LogP contribution in [0.5, 0.6) is 0 Å². The molecule has 22 heavy (non-hydrogen) atoms. The third kappa shape index (κ3) is 4.45. The minimum atomic E-state index is -0.217. The van der Waals surface area contributed by atoms with Gasteiger partial charge in [-0.3, -0.25) is 9.59 Å². The van der Waals surface area contributed by atoms with E-state index >= 15 is 0 Å². The Balaban J connectivity index is 2.02. The predicted molar refractivity (Wildman–Crippen MR) is 85.8 cm³/mol. The second-order valence-electron chi connectivity index (χ2n) is 4.91. The normalized spacial score (nSPS) is 10.0. The third-order valence-electron chi connectivity index (χ3n) is 3.36. The molecule has 4 heteroatoms. The molecule has 4 nitrogen and oxygen atoms in total. The smallest absolute Gasteiger partial charge is 0.305 e. The number of carbonyl (C=O) groups is 2. The van der Waals surface area contributed by atoms with E-state index in [9.17, 15) is 9.59 Å². The lowest BCUT2D eigenvalue weighted by atomic mass is 10.1. The zero-order chi connectivity index (χ0) is 15.8. The van der Waals surface area contributed by atoms with Gasteiger partial charge in [-0.05, 0) is 36.6 Å². The molecule has 0 radical (unpaired) electrons. The Morgan fingerprint density at radius 2 is 1.68 bits per heavy atom. The van der Waals surface area contributed by atoms with Gasteiger partial charge < -0.3 is 10.1 Å². The number of rotatable bonds is 6. The maximum atomic E-state index is 12.2. The van der Waals surface area contributed by atoms with Crippen LogP contribution in [0.2, 0.25) is 0 Å². The van der Waals surface area contributed by atoms with Crippen molar-refractivity contribution in [1.29, 1.82) is 0 Å². The van der Waals surface area contributed by atoms with Gasteiger partial charge in [-0.1, -0.05) is 36.4 Å². The quantitative estimate of drug-likeness (QED) is 0.831. The van der Waals surface area contributed by atoms with Gasteiger partial charge in [0.05, 0.1) is 7.11 Å². The van der Waals surface area contributed by atoms with E-state index in [1.807, 2.05) is 42.5 Å². The number of nitrogens with one attached hydrogen (secondary N) is 1. The second-order valence-corrected chi connectivity index (χ2v) is 4.91. The number of carbonyl (C=O) groups excluding carboxylic acids is 2. The minimum Gasteiger partial charge on any atom is -0.469 e. The van der Waals surface area contributed by atoms with Gasteiger partial charge in [-0.2, -0.15) is 0 Å². The fourth-order valence-corrected chi connectivity index (χ4v) is 2.17. The van der Waals surface area contributed by atoms with E-state index < -0.39 is 0 Å². The van der Waals surface area contributed by atoms with Crippen LogP contribution >= 0.6 is 0 Å². The summed E-state index contributed by atoms with van der Waals surface area (Å²) in [6.45, 7) is 0. The molecule has 2 aromatic carbocycles. The molecule has 0 aliphatic carbocycles. The minimum absolute atomic E-state index is 0.138. The molecule has 0 aliphatic rings. The Hall–Kier alpha value is -2.62. The predicted octanol–water partition coefficient (Wildman–Crippen LogP) is 3.43. The molecule has 0 atom stereocenters. The van der Waals surface area contributed by atoms with E-state index in [1.54, 1.807) is 12.1 Å². The number of hydrogen-bond donors (Lipinski definition) is 1. The molecule has 0 aromatic heterocycles. The summed E-state index contributed by atoms with van der Waals surface area (Å²) in [7, 11) is 1.39. The van der Waals surface area contributed by atoms with Crippen molar-refractivity contribution in [2.45, 2.75) is 19.3 Å². The molecule has 2 aromatic rings. The highest BCUT2D eigenvalue weighted by atomic mass is 16.5. The molecule has 0 saturated heterocycles. The maximum Gasteiger partial charge on any atom is 0.305 e. The Morgan fingerprint density at radius 1 is 1.00 bits per heavy atom. The number of anilines is 1. The summed E-state index contributed by atoms with van der Waals surface area (Å²) >= 11 is 0. The molecule has 0 unspecified atom stereocenters. The van der Waals surface area contributed by atoms with Gasteiger partial charge in [0.15, 0.2) is 0 Å². The Bertz CT molecular complexity index is 638. The molecule has 0 spiro atoms. The van der Waals surface area contributed by atoms with E-state index in [1.165, 1.54) is 7.11 Å². The van der Waals surface area contributed by atoms with Gasteiger partial charge in [0.2, 0.25) is 0 Å². The molecule has 2 rings (SSSR count). The fraction of sp³-hybridized carbons (Fsp3) is 0.222. The molecule has 114 valence electrons. The van der Waals surface area contributed by atoms with Gasteiger partial charge >= 0.3 is 5.97 Å². The van der Waals surface area contributed by atoms with Gasteiger partial charge in [-0.15, -0.1) is 0 Å². The molecule has 0 aliphatic heterocycles. The van der Waals surface area contributed by atoms with Crippen LogP contribution in [0, 0.1) is 0 Å². The van der Waals surface area contributed by atoms with E-state index in [2.05, 4.69) is 10.1 Å². The monoisotopic (exact) mass is 297 g/mol. The number of amides is 1. The molecule has 1 N–H and O–H groups in total. The van der Waals surface area contributed by atoms with Crippen LogP contribution < -0.4 is 5.32 Å². The van der Waals surface area contributed by atoms with Crippen LogP contribution in [0.1, 0.15) is 28.8 Å². The molecule has 0 heterocycles. The fourth-order valence-electron chi connectivity index (χ4n) is 2.17. The summed E-state index contributed by atoms with van der Waals surface area (Å²) in [6.07, 6.45) is 1.77. The van der Waals surface area contributed by atoms with Gasteiger partial charge in [0, 0.05) is 17.7 Å². The first kappa shape index (κ1) is 15.8. The Labute approximate surface area is 130 Å². The van der Waals surface area contributed by atoms with Crippen molar-refractivity contribution in [2.75, 3.05) is 12.4 Å². The van der Waals surface area contributed by atoms with E-state index in [0.29, 0.717) is 24.8 Å². The number of methoxy groups -OCH3 is 1. The van der Waals surface area contributed by atoms with Crippen LogP contribution in [0.3, 0.4) is 0 Å². The highest BCUT2D eigenvalue weighted by molar-refractivity contribution is 6.04. The lowest BCUT2D eigenvalue weighted by Crippen LogP contribution is -2.13. The van der Waals surface area contributed by atoms with Crippen molar-refractivity contribution in [3.63, 3.8) is 0 Å². The highest BCUT2D eigenvalue weighted by Crippen LogP contribution is 2.18. The van der Waals surface area contributed by atoms with Crippen LogP contribution in [0.25, 0.3) is 0 Å². The summed E-state index contributed by atoms with van der Waals surface area (Å²) < 4.78 is 4.63. The van der Waals surface area contributed by atoms with Crippen molar-refractivity contribution in [3.05, 3.63) is 65.7 Å². The average molecular weight is 297 g/mol. The highest BCUT2D eigenvalue weighted by Gasteiger charge is 2.09. The first-order chi connectivity index (χ1) is 10.7. The lowest BCUT2D eigenvalue weighted by Gasteiger charge is -2.11. The van der Waals surface area contributed by atoms with E-state index in [-0.39, 0.29) is 11.9 Å². The first-order valence-corrected chi connectivity index (χ1v) is 7.22. The van der Waals surface area contributed by atoms with Crippen LogP contribution in [0.15, 0.2) is 54.6 Å². The molecular weight excluding hydrogens is 278 g/mol. The van der Waals surface area contributed by atoms with Crippen molar-refractivity contribution in [3.8, 4) is 0 Å². The summed E-state index contributed by atoms with van der Waals surface area (Å²) in [6, 6.07) is 16.7. The molecule has 0 saturated carbocycles. The number of benzene rings is 2. The number of ether oxygens (including phenoxy) is 1. The SMILES string of the molecule is COC(=O)CCCc1ccccc1NC(=O)c1ccccc1. The van der Waals surface area contributed by atoms with Crippen molar-refractivity contribution in [1.82, 2.24) is 0 Å². The van der Waals surface area contributed by atoms with Crippen LogP contribution in [-0.2, 0) is 16.0 Å². The lowest BCUT2D eigenvalue weighted by molar-refractivity contribution is -0.140. The molecule has 1 amide bonds. The van der Waals surface area contributed by atoms with Crippen molar-refractivity contribution >= 4 is 17.6 Å². The molecule has 0 bridgehead atoms. The van der Waals surface area contributed by atoms with E-state index in [0.717, 1.165) is 11.3 Å². The van der Waals surface area contributed by atoms with Gasteiger partial charge in [0.25, 0.3) is 5.91 Å². The summed E-state index contributed by atoms with van der Waals surface area (Å²) in [5.41, 5.74) is 2.41. The summed E-state index contributed by atoms with van der Waals surface area (Å²) in [5, 5.41) is 2.92. The zero-order valence-corrected chi connectivity index (χ0v) is 12.5. The standard InChI is InChI=1S/C18H19NO3/c1-22-17(20)13-7-11-14-8-5-6-12-16(14)19-18(21)15-9-3-2-4-10-15/h2-6,8-10,12H,7,11,13H2,1H3,(H,19,21). The largest absolute Gasteiger partial charge is 0.469 e. The number of hydrogen-bond acceptors (Lipinski definition) is 3. The third-order valence-corrected chi connectivity index (χ3v) is 3.36. The second kappa shape index (κ2) is 7.98. The van der Waals surface area contributed by atoms with Gasteiger partial charge in [0.1, 0.15) is 0 Å².